The van der Waals surface area contributed by atoms with E-state index >= 15 is 0 Å². The number of fused-ring (bicyclic) bond motifs is 1. The molecule has 6 nitrogen and oxygen atoms in total. The zero-order valence-corrected chi connectivity index (χ0v) is 14.3. The number of hydrogen-bond acceptors (Lipinski definition) is 5. The van der Waals surface area contributed by atoms with Gasteiger partial charge in [0.2, 0.25) is 0 Å². The van der Waals surface area contributed by atoms with Gasteiger partial charge in [-0.15, -0.1) is 0 Å². The van der Waals surface area contributed by atoms with E-state index in [2.05, 4.69) is 14.9 Å². The SMILES string of the molecule is Nc1ccc(-c2cccc3ncnc(N4CCCC(C(=O)O)C4)c23)cc1. The van der Waals surface area contributed by atoms with Gasteiger partial charge in [0.15, 0.2) is 0 Å². The van der Waals surface area contributed by atoms with E-state index in [0.29, 0.717) is 18.7 Å². The molecule has 2 aromatic carbocycles. The Kier molecular flexibility index (Phi) is 4.16. The van der Waals surface area contributed by atoms with Gasteiger partial charge in [-0.05, 0) is 42.2 Å². The van der Waals surface area contributed by atoms with Gasteiger partial charge >= 0.3 is 5.97 Å². The molecule has 0 aliphatic carbocycles. The van der Waals surface area contributed by atoms with E-state index in [-0.39, 0.29) is 5.92 Å². The van der Waals surface area contributed by atoms with E-state index in [9.17, 15) is 9.90 Å². The summed E-state index contributed by atoms with van der Waals surface area (Å²) in [5.74, 6) is -0.308. The molecule has 3 aromatic rings. The van der Waals surface area contributed by atoms with Crippen LogP contribution in [0.25, 0.3) is 22.0 Å². The fraction of sp³-hybridized carbons (Fsp3) is 0.250. The van der Waals surface area contributed by atoms with Gasteiger partial charge in [0, 0.05) is 18.8 Å². The van der Waals surface area contributed by atoms with Crippen LogP contribution in [0.2, 0.25) is 0 Å². The zero-order valence-electron chi connectivity index (χ0n) is 14.3. The highest BCUT2D eigenvalue weighted by atomic mass is 16.4. The molecule has 0 radical (unpaired) electrons. The molecule has 0 spiro atoms. The summed E-state index contributed by atoms with van der Waals surface area (Å²) >= 11 is 0. The Labute approximate surface area is 151 Å². The summed E-state index contributed by atoms with van der Waals surface area (Å²) in [4.78, 5) is 22.5. The summed E-state index contributed by atoms with van der Waals surface area (Å²) in [5.41, 5.74) is 9.44. The molecule has 1 fully saturated rings. The van der Waals surface area contributed by atoms with Crippen molar-refractivity contribution in [2.45, 2.75) is 12.8 Å². The predicted molar refractivity (Wildman–Crippen MR) is 102 cm³/mol. The van der Waals surface area contributed by atoms with Gasteiger partial charge in [-0.1, -0.05) is 24.3 Å². The van der Waals surface area contributed by atoms with Crippen LogP contribution in [0.15, 0.2) is 48.8 Å². The highest BCUT2D eigenvalue weighted by molar-refractivity contribution is 6.02. The third-order valence-corrected chi connectivity index (χ3v) is 4.93. The molecule has 3 N–H and O–H groups in total. The zero-order chi connectivity index (χ0) is 18.1. The molecule has 0 saturated carbocycles. The first kappa shape index (κ1) is 16.3. The molecular formula is C20H20N4O2. The van der Waals surface area contributed by atoms with Crippen molar-refractivity contribution in [3.8, 4) is 11.1 Å². The van der Waals surface area contributed by atoms with Crippen LogP contribution >= 0.6 is 0 Å². The lowest BCUT2D eigenvalue weighted by molar-refractivity contribution is -0.141. The highest BCUT2D eigenvalue weighted by Crippen LogP contribution is 2.35. The topological polar surface area (TPSA) is 92.3 Å². The molecule has 1 aliphatic heterocycles. The Morgan fingerprint density at radius 3 is 2.73 bits per heavy atom. The first-order valence-corrected chi connectivity index (χ1v) is 8.71. The van der Waals surface area contributed by atoms with Gasteiger partial charge in [0.25, 0.3) is 0 Å². The first-order chi connectivity index (χ1) is 12.6. The quantitative estimate of drug-likeness (QED) is 0.706. The number of nitrogens with two attached hydrogens (primary N) is 1. The van der Waals surface area contributed by atoms with Crippen LogP contribution in [0.1, 0.15) is 12.8 Å². The lowest BCUT2D eigenvalue weighted by Gasteiger charge is -2.32. The van der Waals surface area contributed by atoms with Crippen molar-refractivity contribution in [3.05, 3.63) is 48.8 Å². The molecule has 1 atom stereocenters. The molecule has 1 unspecified atom stereocenters. The normalized spacial score (nSPS) is 17.4. The van der Waals surface area contributed by atoms with Crippen LogP contribution in [0.3, 0.4) is 0 Å². The molecule has 26 heavy (non-hydrogen) atoms. The molecule has 0 bridgehead atoms. The molecule has 1 aliphatic rings. The minimum atomic E-state index is -0.744. The number of anilines is 2. The maximum Gasteiger partial charge on any atom is 0.308 e. The maximum absolute atomic E-state index is 11.4. The standard InChI is InChI=1S/C20H20N4O2/c21-15-8-6-13(7-9-15)16-4-1-5-17-18(16)19(23-12-22-17)24-10-2-3-14(11-24)20(25)26/h1,4-9,12,14H,2-3,10-11,21H2,(H,25,26). The van der Waals surface area contributed by atoms with E-state index in [0.717, 1.165) is 40.8 Å². The lowest BCUT2D eigenvalue weighted by Crippen LogP contribution is -2.39. The monoisotopic (exact) mass is 348 g/mol. The summed E-state index contributed by atoms with van der Waals surface area (Å²) in [5, 5.41) is 10.4. The molecule has 1 aromatic heterocycles. The number of nitrogens with zero attached hydrogens (tertiary/aromatic N) is 3. The summed E-state index contributed by atoms with van der Waals surface area (Å²) < 4.78 is 0. The molecular weight excluding hydrogens is 328 g/mol. The number of hydrogen-bond donors (Lipinski definition) is 2. The third kappa shape index (κ3) is 2.94. The number of rotatable bonds is 3. The number of carboxylic acids is 1. The van der Waals surface area contributed by atoms with Crippen LogP contribution in [-0.4, -0.2) is 34.1 Å². The molecule has 132 valence electrons. The summed E-state index contributed by atoms with van der Waals surface area (Å²) in [6.07, 6.45) is 3.10. The van der Waals surface area contributed by atoms with Crippen molar-refractivity contribution >= 4 is 28.4 Å². The third-order valence-electron chi connectivity index (χ3n) is 4.93. The van der Waals surface area contributed by atoms with Crippen LogP contribution in [0.5, 0.6) is 0 Å². The van der Waals surface area contributed by atoms with Gasteiger partial charge in [0.1, 0.15) is 12.1 Å². The van der Waals surface area contributed by atoms with Crippen LogP contribution < -0.4 is 10.6 Å². The number of carboxylic acid groups (broad SMARTS) is 1. The van der Waals surface area contributed by atoms with Gasteiger partial charge in [0.05, 0.1) is 16.8 Å². The van der Waals surface area contributed by atoms with Crippen molar-refractivity contribution in [1.29, 1.82) is 0 Å². The molecule has 1 saturated heterocycles. The van der Waals surface area contributed by atoms with Crippen molar-refractivity contribution < 1.29 is 9.90 Å². The fourth-order valence-electron chi connectivity index (χ4n) is 3.61. The number of carbonyl (C=O) groups is 1. The first-order valence-electron chi connectivity index (χ1n) is 8.71. The smallest absolute Gasteiger partial charge is 0.308 e. The Hall–Kier alpha value is -3.15. The van der Waals surface area contributed by atoms with E-state index in [4.69, 9.17) is 5.73 Å². The second-order valence-electron chi connectivity index (χ2n) is 6.64. The predicted octanol–water partition coefficient (Wildman–Crippen LogP) is 3.18. The van der Waals surface area contributed by atoms with Gasteiger partial charge < -0.3 is 15.7 Å². The Balaban J connectivity index is 1.85. The number of piperidine rings is 1. The summed E-state index contributed by atoms with van der Waals surface area (Å²) in [6.45, 7) is 1.27. The molecule has 2 heterocycles. The number of benzene rings is 2. The van der Waals surface area contributed by atoms with Crippen LogP contribution in [-0.2, 0) is 4.79 Å². The highest BCUT2D eigenvalue weighted by Gasteiger charge is 2.27. The van der Waals surface area contributed by atoms with Crippen molar-refractivity contribution in [2.24, 2.45) is 5.92 Å². The van der Waals surface area contributed by atoms with Gasteiger partial charge in [-0.2, -0.15) is 0 Å². The van der Waals surface area contributed by atoms with Gasteiger partial charge in [-0.3, -0.25) is 4.79 Å². The summed E-state index contributed by atoms with van der Waals surface area (Å²) in [7, 11) is 0. The second kappa shape index (κ2) is 6.63. The minimum Gasteiger partial charge on any atom is -0.481 e. The number of aromatic nitrogens is 2. The largest absolute Gasteiger partial charge is 0.481 e. The van der Waals surface area contributed by atoms with Crippen molar-refractivity contribution in [3.63, 3.8) is 0 Å². The Morgan fingerprint density at radius 1 is 1.15 bits per heavy atom. The Morgan fingerprint density at radius 2 is 1.96 bits per heavy atom. The van der Waals surface area contributed by atoms with Crippen LogP contribution in [0, 0.1) is 5.92 Å². The maximum atomic E-state index is 11.4. The Bertz CT molecular complexity index is 950. The lowest BCUT2D eigenvalue weighted by atomic mass is 9.96. The summed E-state index contributed by atoms with van der Waals surface area (Å²) in [6, 6.07) is 13.7. The van der Waals surface area contributed by atoms with E-state index in [1.165, 1.54) is 0 Å². The fourth-order valence-corrected chi connectivity index (χ4v) is 3.61. The molecule has 4 rings (SSSR count). The second-order valence-corrected chi connectivity index (χ2v) is 6.64. The number of aliphatic carboxylic acids is 1. The minimum absolute atomic E-state index is 0.363. The van der Waals surface area contributed by atoms with E-state index in [1.54, 1.807) is 6.33 Å². The molecule has 0 amide bonds. The van der Waals surface area contributed by atoms with Crippen LogP contribution in [0.4, 0.5) is 11.5 Å². The average molecular weight is 348 g/mol. The molecule has 6 heteroatoms. The van der Waals surface area contributed by atoms with Crippen molar-refractivity contribution in [1.82, 2.24) is 9.97 Å². The van der Waals surface area contributed by atoms with E-state index in [1.807, 2.05) is 42.5 Å². The van der Waals surface area contributed by atoms with Gasteiger partial charge in [-0.25, -0.2) is 9.97 Å². The van der Waals surface area contributed by atoms with Crippen molar-refractivity contribution in [2.75, 3.05) is 23.7 Å². The number of nitrogen functional groups attached to an aromatic ring is 1. The van der Waals surface area contributed by atoms with E-state index < -0.39 is 5.97 Å². The average Bonchev–Trinajstić information content (AvgIpc) is 2.68.